The normalized spacial score (nSPS) is 11.0. The number of alkyl halides is 3. The molecule has 1 N–H and O–H groups in total. The molecule has 0 bridgehead atoms. The first kappa shape index (κ1) is 19.2. The van der Waals surface area contributed by atoms with E-state index in [0.717, 1.165) is 10.6 Å². The van der Waals surface area contributed by atoms with Gasteiger partial charge in [-0.1, -0.05) is 36.1 Å². The Balaban J connectivity index is 1.65. The zero-order valence-electron chi connectivity index (χ0n) is 14.5. The second kappa shape index (κ2) is 7.96. The fraction of sp³-hybridized carbons (Fsp3) is 0.150. The first-order valence-corrected chi connectivity index (χ1v) is 8.22. The molecule has 1 amide bonds. The lowest BCUT2D eigenvalue weighted by Crippen LogP contribution is -2.32. The summed E-state index contributed by atoms with van der Waals surface area (Å²) in [6, 6.07) is 11.7. The van der Waals surface area contributed by atoms with Crippen LogP contribution in [0.25, 0.3) is 10.9 Å². The van der Waals surface area contributed by atoms with Gasteiger partial charge in [0.2, 0.25) is 5.91 Å². The molecular formula is C20H14F3N3O2. The Kier molecular flexibility index (Phi) is 5.45. The smallest absolute Gasteiger partial charge is 0.344 e. The SMILES string of the molecule is O=C(Cn1cnc2ccccc2c1=O)NCC#Cc1ccccc1C(F)(F)F. The molecule has 1 heterocycles. The molecule has 0 saturated heterocycles. The number of hydrogen-bond acceptors (Lipinski definition) is 3. The van der Waals surface area contributed by atoms with Gasteiger partial charge in [0.15, 0.2) is 0 Å². The van der Waals surface area contributed by atoms with Gasteiger partial charge in [0, 0.05) is 5.56 Å². The van der Waals surface area contributed by atoms with E-state index in [0.29, 0.717) is 10.9 Å². The van der Waals surface area contributed by atoms with E-state index in [2.05, 4.69) is 22.1 Å². The van der Waals surface area contributed by atoms with Gasteiger partial charge in [-0.3, -0.25) is 14.2 Å². The molecule has 2 aromatic carbocycles. The van der Waals surface area contributed by atoms with Gasteiger partial charge in [-0.05, 0) is 24.3 Å². The molecule has 28 heavy (non-hydrogen) atoms. The van der Waals surface area contributed by atoms with E-state index in [-0.39, 0.29) is 24.2 Å². The topological polar surface area (TPSA) is 64.0 Å². The van der Waals surface area contributed by atoms with Crippen molar-refractivity contribution in [2.75, 3.05) is 6.54 Å². The van der Waals surface area contributed by atoms with Crippen LogP contribution >= 0.6 is 0 Å². The molecule has 0 fully saturated rings. The molecule has 3 aromatic rings. The highest BCUT2D eigenvalue weighted by Gasteiger charge is 2.32. The lowest BCUT2D eigenvalue weighted by atomic mass is 10.1. The molecule has 0 aliphatic rings. The second-order valence-electron chi connectivity index (χ2n) is 5.82. The molecule has 0 saturated carbocycles. The molecule has 0 aliphatic heterocycles. The summed E-state index contributed by atoms with van der Waals surface area (Å²) in [5.74, 6) is 4.40. The van der Waals surface area contributed by atoms with E-state index in [9.17, 15) is 22.8 Å². The Labute approximate surface area is 157 Å². The van der Waals surface area contributed by atoms with Crippen molar-refractivity contribution < 1.29 is 18.0 Å². The molecule has 0 unspecified atom stereocenters. The summed E-state index contributed by atoms with van der Waals surface area (Å²) in [6.07, 6.45) is -3.23. The van der Waals surface area contributed by atoms with Gasteiger partial charge in [0.25, 0.3) is 5.56 Å². The fourth-order valence-electron chi connectivity index (χ4n) is 2.55. The average molecular weight is 385 g/mol. The number of amides is 1. The lowest BCUT2D eigenvalue weighted by Gasteiger charge is -2.08. The number of rotatable bonds is 3. The quantitative estimate of drug-likeness (QED) is 0.705. The summed E-state index contributed by atoms with van der Waals surface area (Å²) in [5.41, 5.74) is -0.828. The van der Waals surface area contributed by atoms with Crippen molar-refractivity contribution in [1.82, 2.24) is 14.9 Å². The molecule has 0 spiro atoms. The highest BCUT2D eigenvalue weighted by Crippen LogP contribution is 2.31. The van der Waals surface area contributed by atoms with Crippen molar-refractivity contribution in [2.24, 2.45) is 0 Å². The maximum atomic E-state index is 12.9. The molecule has 3 rings (SSSR count). The van der Waals surface area contributed by atoms with Crippen LogP contribution in [0.1, 0.15) is 11.1 Å². The Morgan fingerprint density at radius 1 is 1.11 bits per heavy atom. The van der Waals surface area contributed by atoms with Crippen LogP contribution in [0.2, 0.25) is 0 Å². The van der Waals surface area contributed by atoms with E-state index in [1.54, 1.807) is 24.3 Å². The molecule has 0 aliphatic carbocycles. The first-order valence-electron chi connectivity index (χ1n) is 8.22. The van der Waals surface area contributed by atoms with Crippen LogP contribution in [0.4, 0.5) is 13.2 Å². The van der Waals surface area contributed by atoms with Crippen molar-refractivity contribution in [2.45, 2.75) is 12.7 Å². The number of carbonyl (C=O) groups is 1. The van der Waals surface area contributed by atoms with Gasteiger partial charge in [0.1, 0.15) is 6.54 Å². The van der Waals surface area contributed by atoms with Crippen molar-refractivity contribution in [1.29, 1.82) is 0 Å². The van der Waals surface area contributed by atoms with Crippen molar-refractivity contribution in [3.8, 4) is 11.8 Å². The highest BCUT2D eigenvalue weighted by molar-refractivity contribution is 5.79. The maximum Gasteiger partial charge on any atom is 0.417 e. The molecule has 142 valence electrons. The maximum absolute atomic E-state index is 12.9. The van der Waals surface area contributed by atoms with E-state index >= 15 is 0 Å². The number of carbonyl (C=O) groups excluding carboxylic acids is 1. The largest absolute Gasteiger partial charge is 0.417 e. The van der Waals surface area contributed by atoms with Crippen molar-refractivity contribution in [3.05, 3.63) is 76.3 Å². The summed E-state index contributed by atoms with van der Waals surface area (Å²) in [4.78, 5) is 28.4. The number of fused-ring (bicyclic) bond motifs is 1. The van der Waals surface area contributed by atoms with Gasteiger partial charge in [-0.2, -0.15) is 13.2 Å². The fourth-order valence-corrected chi connectivity index (χ4v) is 2.55. The van der Waals surface area contributed by atoms with Gasteiger partial charge in [0.05, 0.1) is 29.3 Å². The molecule has 1 aromatic heterocycles. The average Bonchev–Trinajstić information content (AvgIpc) is 2.67. The summed E-state index contributed by atoms with van der Waals surface area (Å²) in [5, 5.41) is 2.84. The zero-order valence-corrected chi connectivity index (χ0v) is 14.5. The van der Waals surface area contributed by atoms with E-state index in [1.165, 1.54) is 24.5 Å². The number of benzene rings is 2. The van der Waals surface area contributed by atoms with Gasteiger partial charge in [-0.25, -0.2) is 4.98 Å². The van der Waals surface area contributed by atoms with E-state index in [4.69, 9.17) is 0 Å². The zero-order chi connectivity index (χ0) is 20.1. The first-order chi connectivity index (χ1) is 13.4. The predicted molar refractivity (Wildman–Crippen MR) is 97.3 cm³/mol. The third-order valence-corrected chi connectivity index (χ3v) is 3.87. The van der Waals surface area contributed by atoms with Crippen molar-refractivity contribution >= 4 is 16.8 Å². The Bertz CT molecular complexity index is 1140. The molecule has 0 atom stereocenters. The minimum absolute atomic E-state index is 0.152. The highest BCUT2D eigenvalue weighted by atomic mass is 19.4. The minimum Gasteiger partial charge on any atom is -0.344 e. The number of halogens is 3. The summed E-state index contributed by atoms with van der Waals surface area (Å²) in [7, 11) is 0. The second-order valence-corrected chi connectivity index (χ2v) is 5.82. The summed E-state index contributed by atoms with van der Waals surface area (Å²) >= 11 is 0. The standard InChI is InChI=1S/C20H14F3N3O2/c21-20(22,23)16-9-3-1-6-14(16)7-5-11-24-18(27)12-26-13-25-17-10-4-2-8-15(17)19(26)28/h1-4,6,8-10,13H,11-12H2,(H,24,27). The Morgan fingerprint density at radius 2 is 1.82 bits per heavy atom. The molecule has 0 radical (unpaired) electrons. The third kappa shape index (κ3) is 4.38. The Morgan fingerprint density at radius 3 is 2.61 bits per heavy atom. The third-order valence-electron chi connectivity index (χ3n) is 3.87. The molecule has 8 heteroatoms. The summed E-state index contributed by atoms with van der Waals surface area (Å²) < 4.78 is 39.9. The van der Waals surface area contributed by atoms with Gasteiger partial charge >= 0.3 is 6.18 Å². The van der Waals surface area contributed by atoms with Crippen LogP contribution in [-0.2, 0) is 17.5 Å². The van der Waals surface area contributed by atoms with E-state index in [1.807, 2.05) is 0 Å². The number of nitrogens with zero attached hydrogens (tertiary/aromatic N) is 2. The van der Waals surface area contributed by atoms with Crippen LogP contribution in [0.15, 0.2) is 59.7 Å². The van der Waals surface area contributed by atoms with Gasteiger partial charge in [-0.15, -0.1) is 0 Å². The van der Waals surface area contributed by atoms with E-state index < -0.39 is 17.6 Å². The number of para-hydroxylation sites is 1. The van der Waals surface area contributed by atoms with Crippen molar-refractivity contribution in [3.63, 3.8) is 0 Å². The number of nitrogens with one attached hydrogen (secondary N) is 1. The minimum atomic E-state index is -4.50. The van der Waals surface area contributed by atoms with Crippen LogP contribution in [0.3, 0.4) is 0 Å². The number of aromatic nitrogens is 2. The molecular weight excluding hydrogens is 371 g/mol. The monoisotopic (exact) mass is 385 g/mol. The van der Waals surface area contributed by atoms with Crippen LogP contribution < -0.4 is 10.9 Å². The van der Waals surface area contributed by atoms with Crippen LogP contribution in [-0.4, -0.2) is 22.0 Å². The predicted octanol–water partition coefficient (Wildman–Crippen LogP) is 2.58. The Hall–Kier alpha value is -3.60. The number of hydrogen-bond donors (Lipinski definition) is 1. The van der Waals surface area contributed by atoms with Crippen LogP contribution in [0.5, 0.6) is 0 Å². The summed E-state index contributed by atoms with van der Waals surface area (Å²) in [6.45, 7) is -0.418. The van der Waals surface area contributed by atoms with Gasteiger partial charge < -0.3 is 5.32 Å². The molecule has 5 nitrogen and oxygen atoms in total. The lowest BCUT2D eigenvalue weighted by molar-refractivity contribution is -0.137. The van der Waals surface area contributed by atoms with Crippen LogP contribution in [0, 0.1) is 11.8 Å².